The molecule has 1 aliphatic heterocycles. The Hall–Kier alpha value is -0.0400. The van der Waals surface area contributed by atoms with E-state index in [0.717, 1.165) is 6.04 Å². The van der Waals surface area contributed by atoms with Gasteiger partial charge in [-0.25, -0.2) is 0 Å². The van der Waals surface area contributed by atoms with E-state index in [1.54, 1.807) is 0 Å². The number of hydrogen-bond acceptors (Lipinski definition) is 1. The highest BCUT2D eigenvalue weighted by Crippen LogP contribution is 2.16. The molecule has 1 atom stereocenters. The fourth-order valence-electron chi connectivity index (χ4n) is 1.85. The summed E-state index contributed by atoms with van der Waals surface area (Å²) in [6.07, 6.45) is 7.01. The van der Waals surface area contributed by atoms with Crippen molar-refractivity contribution in [1.29, 1.82) is 0 Å². The van der Waals surface area contributed by atoms with E-state index < -0.39 is 0 Å². The lowest BCUT2D eigenvalue weighted by Crippen LogP contribution is -2.37. The molecule has 0 aromatic carbocycles. The van der Waals surface area contributed by atoms with Crippen LogP contribution in [0.3, 0.4) is 0 Å². The van der Waals surface area contributed by atoms with E-state index in [9.17, 15) is 0 Å². The molecule has 0 bridgehead atoms. The summed E-state index contributed by atoms with van der Waals surface area (Å²) in [4.78, 5) is 2.65. The zero-order chi connectivity index (χ0) is 8.10. The summed E-state index contributed by atoms with van der Waals surface area (Å²) >= 11 is 0. The molecule has 0 N–H and O–H groups in total. The van der Waals surface area contributed by atoms with Crippen LogP contribution in [0.5, 0.6) is 0 Å². The number of unbranched alkanes of at least 4 members (excludes halogenated alkanes) is 1. The van der Waals surface area contributed by atoms with Crippen LogP contribution < -0.4 is 0 Å². The fraction of sp³-hybridized carbons (Fsp3) is 1.00. The van der Waals surface area contributed by atoms with Gasteiger partial charge in [0.2, 0.25) is 0 Å². The number of nitrogens with zero attached hydrogens (tertiary/aromatic N) is 1. The first-order valence-electron chi connectivity index (χ1n) is 5.08. The molecular formula is C10H23N. The van der Waals surface area contributed by atoms with Crippen molar-refractivity contribution in [2.75, 3.05) is 13.1 Å². The van der Waals surface area contributed by atoms with Crippen molar-refractivity contribution in [3.63, 3.8) is 0 Å². The molecule has 0 aromatic rings. The zero-order valence-electron chi connectivity index (χ0n) is 7.97. The molecule has 0 radical (unpaired) electrons. The van der Waals surface area contributed by atoms with Gasteiger partial charge in [-0.15, -0.1) is 0 Å². The second kappa shape index (κ2) is 4.76. The van der Waals surface area contributed by atoms with E-state index in [1.165, 1.54) is 45.2 Å². The van der Waals surface area contributed by atoms with E-state index >= 15 is 0 Å². The van der Waals surface area contributed by atoms with Gasteiger partial charge >= 0.3 is 0 Å². The summed E-state index contributed by atoms with van der Waals surface area (Å²) in [5.41, 5.74) is 0. The molecule has 0 spiro atoms. The summed E-state index contributed by atoms with van der Waals surface area (Å²) in [7, 11) is 0. The molecule has 1 heteroatoms. The van der Waals surface area contributed by atoms with Gasteiger partial charge in [0.25, 0.3) is 0 Å². The Labute approximate surface area is 72.3 Å². The van der Waals surface area contributed by atoms with Gasteiger partial charge in [-0.3, -0.25) is 0 Å². The molecule has 1 fully saturated rings. The Morgan fingerprint density at radius 3 is 2.91 bits per heavy atom. The summed E-state index contributed by atoms with van der Waals surface area (Å²) in [6.45, 7) is 7.32. The quantitative estimate of drug-likeness (QED) is 0.609. The second-order valence-corrected chi connectivity index (χ2v) is 3.73. The molecule has 0 amide bonds. The Bertz CT molecular complexity index is 106. The lowest BCUT2D eigenvalue weighted by molar-refractivity contribution is 0.158. The van der Waals surface area contributed by atoms with Crippen molar-refractivity contribution in [2.45, 2.75) is 52.0 Å². The minimum atomic E-state index is 0. The van der Waals surface area contributed by atoms with E-state index in [0.29, 0.717) is 0 Å². The predicted octanol–water partition coefficient (Wildman–Crippen LogP) is 2.91. The van der Waals surface area contributed by atoms with Crippen molar-refractivity contribution in [2.24, 2.45) is 0 Å². The van der Waals surface area contributed by atoms with Crippen LogP contribution in [-0.2, 0) is 0 Å². The van der Waals surface area contributed by atoms with E-state index in [-0.39, 0.29) is 1.43 Å². The smallest absolute Gasteiger partial charge is 0.00669 e. The standard InChI is InChI=1S/C10H21N.H2/c1-3-4-8-11-9-6-5-7-10(11)2;/h10H,3-9H2,1-2H3;1H. The average molecular weight is 157 g/mol. The van der Waals surface area contributed by atoms with Crippen LogP contribution in [0, 0.1) is 0 Å². The van der Waals surface area contributed by atoms with Crippen LogP contribution in [0.15, 0.2) is 0 Å². The molecule has 68 valence electrons. The number of likely N-dealkylation sites (tertiary alicyclic amines) is 1. The van der Waals surface area contributed by atoms with E-state index in [2.05, 4.69) is 18.7 Å². The molecule has 1 unspecified atom stereocenters. The molecule has 1 rings (SSSR count). The van der Waals surface area contributed by atoms with Gasteiger partial charge in [0.15, 0.2) is 0 Å². The maximum Gasteiger partial charge on any atom is 0.00669 e. The van der Waals surface area contributed by atoms with Gasteiger partial charge in [0, 0.05) is 7.47 Å². The minimum Gasteiger partial charge on any atom is -0.301 e. The van der Waals surface area contributed by atoms with Crippen LogP contribution in [0.4, 0.5) is 0 Å². The summed E-state index contributed by atoms with van der Waals surface area (Å²) in [5, 5.41) is 0. The van der Waals surface area contributed by atoms with Gasteiger partial charge in [-0.2, -0.15) is 0 Å². The molecule has 11 heavy (non-hydrogen) atoms. The third-order valence-electron chi connectivity index (χ3n) is 2.74. The summed E-state index contributed by atoms with van der Waals surface area (Å²) < 4.78 is 0. The van der Waals surface area contributed by atoms with Crippen molar-refractivity contribution in [1.82, 2.24) is 4.90 Å². The van der Waals surface area contributed by atoms with Gasteiger partial charge in [0.1, 0.15) is 0 Å². The SMILES string of the molecule is CCCCN1CCCCC1C.[HH]. The first kappa shape index (κ1) is 9.05. The largest absolute Gasteiger partial charge is 0.301 e. The lowest BCUT2D eigenvalue weighted by Gasteiger charge is -2.33. The van der Waals surface area contributed by atoms with Crippen LogP contribution in [-0.4, -0.2) is 24.0 Å². The summed E-state index contributed by atoms with van der Waals surface area (Å²) in [5.74, 6) is 0. The normalized spacial score (nSPS) is 27.3. The fourth-order valence-corrected chi connectivity index (χ4v) is 1.85. The molecule has 1 nitrogen and oxygen atoms in total. The van der Waals surface area contributed by atoms with E-state index in [1.807, 2.05) is 0 Å². The van der Waals surface area contributed by atoms with Gasteiger partial charge in [0.05, 0.1) is 0 Å². The highest BCUT2D eigenvalue weighted by molar-refractivity contribution is 4.72. The maximum absolute atomic E-state index is 2.65. The van der Waals surface area contributed by atoms with Crippen molar-refractivity contribution in [3.05, 3.63) is 0 Å². The van der Waals surface area contributed by atoms with Crippen LogP contribution in [0.2, 0.25) is 0 Å². The molecular weight excluding hydrogens is 134 g/mol. The summed E-state index contributed by atoms with van der Waals surface area (Å²) in [6, 6.07) is 0.857. The van der Waals surface area contributed by atoms with Gasteiger partial charge in [-0.1, -0.05) is 19.8 Å². The van der Waals surface area contributed by atoms with Crippen LogP contribution in [0.25, 0.3) is 0 Å². The molecule has 0 aromatic heterocycles. The van der Waals surface area contributed by atoms with Crippen molar-refractivity contribution >= 4 is 0 Å². The van der Waals surface area contributed by atoms with Crippen molar-refractivity contribution < 1.29 is 1.43 Å². The molecule has 1 aliphatic rings. The predicted molar refractivity (Wildman–Crippen MR) is 51.9 cm³/mol. The Kier molecular flexibility index (Phi) is 3.92. The highest BCUT2D eigenvalue weighted by atomic mass is 15.1. The van der Waals surface area contributed by atoms with Crippen LogP contribution in [0.1, 0.15) is 47.4 Å². The monoisotopic (exact) mass is 157 g/mol. The first-order chi connectivity index (χ1) is 5.34. The Morgan fingerprint density at radius 2 is 2.27 bits per heavy atom. The van der Waals surface area contributed by atoms with Crippen LogP contribution >= 0.6 is 0 Å². The Balaban J connectivity index is 0.00000121. The molecule has 0 aliphatic carbocycles. The number of hydrogen-bond donors (Lipinski definition) is 0. The highest BCUT2D eigenvalue weighted by Gasteiger charge is 2.16. The van der Waals surface area contributed by atoms with Gasteiger partial charge in [-0.05, 0) is 39.3 Å². The van der Waals surface area contributed by atoms with E-state index in [4.69, 9.17) is 0 Å². The average Bonchev–Trinajstić information content (AvgIpc) is 2.03. The van der Waals surface area contributed by atoms with Crippen molar-refractivity contribution in [3.8, 4) is 0 Å². The van der Waals surface area contributed by atoms with Gasteiger partial charge < -0.3 is 4.90 Å². The molecule has 1 saturated heterocycles. The first-order valence-corrected chi connectivity index (χ1v) is 5.08. The third kappa shape index (κ3) is 2.82. The Morgan fingerprint density at radius 1 is 1.45 bits per heavy atom. The number of piperidine rings is 1. The molecule has 0 saturated carbocycles. The topological polar surface area (TPSA) is 3.24 Å². The maximum atomic E-state index is 2.65. The minimum absolute atomic E-state index is 0. The third-order valence-corrected chi connectivity index (χ3v) is 2.74. The number of rotatable bonds is 3. The lowest BCUT2D eigenvalue weighted by atomic mass is 10.0. The second-order valence-electron chi connectivity index (χ2n) is 3.73. The molecule has 1 heterocycles. The zero-order valence-corrected chi connectivity index (χ0v) is 7.97.